The number of hydrogen-bond acceptors (Lipinski definition) is 1. The molecule has 0 aliphatic heterocycles. The smallest absolute Gasteiger partial charge is 0.303 e. The van der Waals surface area contributed by atoms with Crippen molar-refractivity contribution in [2.24, 2.45) is 0 Å². The molecule has 0 aromatic carbocycles. The van der Waals surface area contributed by atoms with E-state index in [1.165, 1.54) is 0 Å². The van der Waals surface area contributed by atoms with Crippen molar-refractivity contribution in [2.45, 2.75) is 25.7 Å². The Morgan fingerprint density at radius 2 is 1.56 bits per heavy atom. The molecule has 0 saturated carbocycles. The Morgan fingerprint density at radius 1 is 1.06 bits per heavy atom. The zero-order chi connectivity index (χ0) is 13.0. The van der Waals surface area contributed by atoms with Crippen molar-refractivity contribution in [1.29, 1.82) is 0 Å². The molecule has 92 valence electrons. The standard InChI is InChI=1S/C9H8F6O/c1-6(8(10,11)12)5-7(3-2-4-16)9(13,14)15/h3-5H,2H2,1H3/b6-5+,7-3+. The van der Waals surface area contributed by atoms with Gasteiger partial charge >= 0.3 is 12.4 Å². The summed E-state index contributed by atoms with van der Waals surface area (Å²) < 4.78 is 72.5. The van der Waals surface area contributed by atoms with E-state index in [4.69, 9.17) is 0 Å². The van der Waals surface area contributed by atoms with Crippen LogP contribution in [0.1, 0.15) is 13.3 Å². The van der Waals surface area contributed by atoms with Crippen LogP contribution in [-0.2, 0) is 4.79 Å². The average molecular weight is 246 g/mol. The molecular weight excluding hydrogens is 238 g/mol. The predicted molar refractivity (Wildman–Crippen MR) is 44.6 cm³/mol. The monoisotopic (exact) mass is 246 g/mol. The van der Waals surface area contributed by atoms with Crippen LogP contribution in [0.4, 0.5) is 26.3 Å². The van der Waals surface area contributed by atoms with Gasteiger partial charge in [0.05, 0.1) is 5.57 Å². The molecule has 0 saturated heterocycles. The number of rotatable bonds is 3. The van der Waals surface area contributed by atoms with Crippen LogP contribution in [0.3, 0.4) is 0 Å². The van der Waals surface area contributed by atoms with Crippen molar-refractivity contribution >= 4 is 6.29 Å². The molecular formula is C9H8F6O. The van der Waals surface area contributed by atoms with Crippen LogP contribution >= 0.6 is 0 Å². The van der Waals surface area contributed by atoms with Crippen molar-refractivity contribution < 1.29 is 31.1 Å². The van der Waals surface area contributed by atoms with Crippen molar-refractivity contribution in [1.82, 2.24) is 0 Å². The van der Waals surface area contributed by atoms with Crippen molar-refractivity contribution in [3.8, 4) is 0 Å². The van der Waals surface area contributed by atoms with Gasteiger partial charge in [-0.3, -0.25) is 0 Å². The minimum absolute atomic E-state index is 0.0243. The zero-order valence-electron chi connectivity index (χ0n) is 8.12. The highest BCUT2D eigenvalue weighted by atomic mass is 19.4. The highest BCUT2D eigenvalue weighted by molar-refractivity contribution is 5.53. The Bertz CT molecular complexity index is 307. The summed E-state index contributed by atoms with van der Waals surface area (Å²) >= 11 is 0. The summed E-state index contributed by atoms with van der Waals surface area (Å²) in [6.07, 6.45) is -9.76. The lowest BCUT2D eigenvalue weighted by molar-refractivity contribution is -0.107. The largest absolute Gasteiger partial charge is 0.416 e. The van der Waals surface area contributed by atoms with Crippen molar-refractivity contribution in [2.75, 3.05) is 0 Å². The van der Waals surface area contributed by atoms with Crippen LogP contribution in [-0.4, -0.2) is 18.6 Å². The lowest BCUT2D eigenvalue weighted by Gasteiger charge is -2.11. The second kappa shape index (κ2) is 5.18. The van der Waals surface area contributed by atoms with E-state index >= 15 is 0 Å². The maximum atomic E-state index is 12.2. The van der Waals surface area contributed by atoms with Gasteiger partial charge in [0.15, 0.2) is 0 Å². The minimum Gasteiger partial charge on any atom is -0.303 e. The average Bonchev–Trinajstić information content (AvgIpc) is 2.08. The van der Waals surface area contributed by atoms with Gasteiger partial charge in [0, 0.05) is 12.0 Å². The van der Waals surface area contributed by atoms with Gasteiger partial charge in [0.25, 0.3) is 0 Å². The van der Waals surface area contributed by atoms with Gasteiger partial charge in [-0.15, -0.1) is 0 Å². The van der Waals surface area contributed by atoms with E-state index in [1.807, 2.05) is 0 Å². The minimum atomic E-state index is -4.91. The van der Waals surface area contributed by atoms with Gasteiger partial charge in [0.2, 0.25) is 0 Å². The molecule has 0 aliphatic rings. The molecule has 0 bridgehead atoms. The Kier molecular flexibility index (Phi) is 4.77. The summed E-state index contributed by atoms with van der Waals surface area (Å²) in [5.74, 6) is 0. The normalized spacial score (nSPS) is 15.2. The number of aldehydes is 1. The number of halogens is 6. The topological polar surface area (TPSA) is 17.1 Å². The SMILES string of the molecule is C/C(=C\C(=C/CC=O)C(F)(F)F)C(F)(F)F. The number of carbonyl (C=O) groups is 1. The second-order valence-corrected chi connectivity index (χ2v) is 2.88. The van der Waals surface area contributed by atoms with E-state index in [0.717, 1.165) is 0 Å². The first-order valence-corrected chi connectivity index (χ1v) is 4.05. The molecule has 0 heterocycles. The predicted octanol–water partition coefficient (Wildman–Crippen LogP) is 3.57. The van der Waals surface area contributed by atoms with Gasteiger partial charge in [-0.2, -0.15) is 26.3 Å². The van der Waals surface area contributed by atoms with Gasteiger partial charge in [0.1, 0.15) is 6.29 Å². The fourth-order valence-corrected chi connectivity index (χ4v) is 0.747. The molecule has 0 amide bonds. The highest BCUT2D eigenvalue weighted by Gasteiger charge is 2.36. The molecule has 0 unspecified atom stereocenters. The number of allylic oxidation sites excluding steroid dienone is 4. The van der Waals surface area contributed by atoms with Gasteiger partial charge in [-0.05, 0) is 13.0 Å². The van der Waals surface area contributed by atoms with Crippen molar-refractivity contribution in [3.63, 3.8) is 0 Å². The van der Waals surface area contributed by atoms with Gasteiger partial charge in [-0.25, -0.2) is 0 Å². The Morgan fingerprint density at radius 3 is 1.88 bits per heavy atom. The summed E-state index contributed by atoms with van der Waals surface area (Å²) in [5, 5.41) is 0. The van der Waals surface area contributed by atoms with E-state index in [-0.39, 0.29) is 12.4 Å². The first-order valence-electron chi connectivity index (χ1n) is 4.05. The Labute approximate surface area is 87.4 Å². The molecule has 16 heavy (non-hydrogen) atoms. The Balaban J connectivity index is 5.18. The molecule has 0 radical (unpaired) electrons. The van der Waals surface area contributed by atoms with Crippen molar-refractivity contribution in [3.05, 3.63) is 23.3 Å². The van der Waals surface area contributed by atoms with E-state index < -0.39 is 29.9 Å². The second-order valence-electron chi connectivity index (χ2n) is 2.88. The molecule has 0 aliphatic carbocycles. The van der Waals surface area contributed by atoms with E-state index in [1.54, 1.807) is 0 Å². The third-order valence-corrected chi connectivity index (χ3v) is 1.58. The molecule has 0 fully saturated rings. The summed E-state index contributed by atoms with van der Waals surface area (Å²) in [5.41, 5.74) is -2.85. The molecule has 0 aromatic heterocycles. The Hall–Kier alpha value is -1.27. The molecule has 0 atom stereocenters. The maximum absolute atomic E-state index is 12.2. The fraction of sp³-hybridized carbons (Fsp3) is 0.444. The lowest BCUT2D eigenvalue weighted by Crippen LogP contribution is -2.14. The van der Waals surface area contributed by atoms with Gasteiger partial charge in [-0.1, -0.05) is 6.08 Å². The van der Waals surface area contributed by atoms with Crippen LogP contribution in [0.2, 0.25) is 0 Å². The number of alkyl halides is 6. The van der Waals surface area contributed by atoms with E-state index in [2.05, 4.69) is 0 Å². The summed E-state index contributed by atoms with van der Waals surface area (Å²) in [4.78, 5) is 9.86. The van der Waals surface area contributed by atoms with E-state index in [0.29, 0.717) is 13.0 Å². The summed E-state index contributed by atoms with van der Waals surface area (Å²) in [6.45, 7) is 0.528. The van der Waals surface area contributed by atoms with Crippen LogP contribution in [0, 0.1) is 0 Å². The first-order chi connectivity index (χ1) is 7.09. The van der Waals surface area contributed by atoms with Crippen LogP contribution in [0.15, 0.2) is 23.3 Å². The zero-order valence-corrected chi connectivity index (χ0v) is 8.12. The summed E-state index contributed by atoms with van der Waals surface area (Å²) in [7, 11) is 0. The quantitative estimate of drug-likeness (QED) is 0.422. The first kappa shape index (κ1) is 14.7. The van der Waals surface area contributed by atoms with E-state index in [9.17, 15) is 31.1 Å². The molecule has 0 spiro atoms. The summed E-state index contributed by atoms with van der Waals surface area (Å²) in [6, 6.07) is 0. The molecule has 0 N–H and O–H groups in total. The van der Waals surface area contributed by atoms with Gasteiger partial charge < -0.3 is 4.79 Å². The van der Waals surface area contributed by atoms with Crippen LogP contribution in [0.25, 0.3) is 0 Å². The number of hydrogen-bond donors (Lipinski definition) is 0. The molecule has 0 rings (SSSR count). The third kappa shape index (κ3) is 4.99. The third-order valence-electron chi connectivity index (χ3n) is 1.58. The lowest BCUT2D eigenvalue weighted by atomic mass is 10.1. The van der Waals surface area contributed by atoms with Crippen LogP contribution < -0.4 is 0 Å². The van der Waals surface area contributed by atoms with Crippen LogP contribution in [0.5, 0.6) is 0 Å². The number of carbonyl (C=O) groups excluding carboxylic acids is 1. The maximum Gasteiger partial charge on any atom is 0.416 e. The molecule has 7 heteroatoms. The highest BCUT2D eigenvalue weighted by Crippen LogP contribution is 2.32. The molecule has 0 aromatic rings. The molecule has 1 nitrogen and oxygen atoms in total. The fourth-order valence-electron chi connectivity index (χ4n) is 0.747.